The number of benzene rings is 1. The Morgan fingerprint density at radius 1 is 1.15 bits per heavy atom. The van der Waals surface area contributed by atoms with Crippen LogP contribution in [-0.2, 0) is 19.4 Å². The van der Waals surface area contributed by atoms with Crippen LogP contribution >= 0.6 is 0 Å². The quantitative estimate of drug-likeness (QED) is 0.429. The van der Waals surface area contributed by atoms with E-state index in [0.29, 0.717) is 0 Å². The SMILES string of the molecule is C=CCNC(=O)C(=O)NC[C@@H](c1ccco1)S(=O)(=O)c1ccc(F)cc1. The van der Waals surface area contributed by atoms with Gasteiger partial charge in [0.15, 0.2) is 9.84 Å². The van der Waals surface area contributed by atoms with Crippen LogP contribution in [0.3, 0.4) is 0 Å². The van der Waals surface area contributed by atoms with E-state index in [0.717, 1.165) is 24.3 Å². The van der Waals surface area contributed by atoms with Gasteiger partial charge in [0, 0.05) is 13.1 Å². The lowest BCUT2D eigenvalue weighted by atomic mass is 10.3. The molecule has 1 heterocycles. The summed E-state index contributed by atoms with van der Waals surface area (Å²) in [5, 5.41) is 3.27. The van der Waals surface area contributed by atoms with E-state index < -0.39 is 39.3 Å². The number of furan rings is 1. The Morgan fingerprint density at radius 2 is 1.81 bits per heavy atom. The standard InChI is InChI=1S/C17H17FN2O5S/c1-2-9-19-16(21)17(22)20-11-15(14-4-3-10-25-14)26(23,24)13-7-5-12(18)6-8-13/h2-8,10,15H,1,9,11H2,(H,19,21)(H,20,22)/t15-/m0/s1. The molecule has 0 saturated carbocycles. The normalized spacial score (nSPS) is 12.2. The molecule has 0 fully saturated rings. The van der Waals surface area contributed by atoms with Crippen molar-refractivity contribution in [3.63, 3.8) is 0 Å². The maximum absolute atomic E-state index is 13.1. The largest absolute Gasteiger partial charge is 0.468 e. The van der Waals surface area contributed by atoms with E-state index in [1.165, 1.54) is 24.5 Å². The van der Waals surface area contributed by atoms with Crippen LogP contribution in [0.15, 0.2) is 64.6 Å². The Balaban J connectivity index is 2.22. The van der Waals surface area contributed by atoms with Crippen molar-refractivity contribution in [2.45, 2.75) is 10.1 Å². The Bertz CT molecular complexity index is 876. The first-order chi connectivity index (χ1) is 12.4. The van der Waals surface area contributed by atoms with Gasteiger partial charge < -0.3 is 15.1 Å². The molecule has 1 atom stereocenters. The highest BCUT2D eigenvalue weighted by Gasteiger charge is 2.32. The second-order valence-corrected chi connectivity index (χ2v) is 7.34. The Morgan fingerprint density at radius 3 is 2.38 bits per heavy atom. The molecule has 2 N–H and O–H groups in total. The Hall–Kier alpha value is -2.94. The summed E-state index contributed by atoms with van der Waals surface area (Å²) in [5.74, 6) is -2.40. The molecule has 0 saturated heterocycles. The second kappa shape index (κ2) is 8.43. The topological polar surface area (TPSA) is 105 Å². The molecular weight excluding hydrogens is 363 g/mol. The van der Waals surface area contributed by atoms with E-state index in [1.807, 2.05) is 0 Å². The van der Waals surface area contributed by atoms with Gasteiger partial charge in [0.1, 0.15) is 16.8 Å². The minimum atomic E-state index is -4.00. The molecule has 1 aromatic heterocycles. The fraction of sp³-hybridized carbons (Fsp3) is 0.176. The predicted molar refractivity (Wildman–Crippen MR) is 91.3 cm³/mol. The highest BCUT2D eigenvalue weighted by molar-refractivity contribution is 7.91. The number of hydrogen-bond donors (Lipinski definition) is 2. The molecule has 0 bridgehead atoms. The number of nitrogens with one attached hydrogen (secondary N) is 2. The maximum atomic E-state index is 13.1. The van der Waals surface area contributed by atoms with Crippen LogP contribution in [0.25, 0.3) is 0 Å². The lowest BCUT2D eigenvalue weighted by molar-refractivity contribution is -0.139. The summed E-state index contributed by atoms with van der Waals surface area (Å²) in [6, 6.07) is 7.23. The molecule has 138 valence electrons. The third-order valence-electron chi connectivity index (χ3n) is 3.44. The van der Waals surface area contributed by atoms with Crippen LogP contribution in [-0.4, -0.2) is 33.3 Å². The molecule has 0 unspecified atom stereocenters. The molecule has 7 nitrogen and oxygen atoms in total. The van der Waals surface area contributed by atoms with Crippen LogP contribution in [0.1, 0.15) is 11.0 Å². The highest BCUT2D eigenvalue weighted by Crippen LogP contribution is 2.29. The van der Waals surface area contributed by atoms with Crippen LogP contribution < -0.4 is 10.6 Å². The van der Waals surface area contributed by atoms with Gasteiger partial charge in [-0.15, -0.1) is 6.58 Å². The van der Waals surface area contributed by atoms with Crippen molar-refractivity contribution in [2.75, 3.05) is 13.1 Å². The summed E-state index contributed by atoms with van der Waals surface area (Å²) in [6.07, 6.45) is 2.69. The van der Waals surface area contributed by atoms with Gasteiger partial charge >= 0.3 is 11.8 Å². The fourth-order valence-corrected chi connectivity index (χ4v) is 3.72. The average molecular weight is 380 g/mol. The monoisotopic (exact) mass is 380 g/mol. The van der Waals surface area contributed by atoms with Crippen LogP contribution in [0.2, 0.25) is 0 Å². The summed E-state index contributed by atoms with van der Waals surface area (Å²) in [4.78, 5) is 23.2. The summed E-state index contributed by atoms with van der Waals surface area (Å²) >= 11 is 0. The van der Waals surface area contributed by atoms with Crippen molar-refractivity contribution < 1.29 is 26.8 Å². The van der Waals surface area contributed by atoms with Gasteiger partial charge in [0.25, 0.3) is 0 Å². The molecule has 26 heavy (non-hydrogen) atoms. The zero-order chi connectivity index (χ0) is 19.2. The predicted octanol–water partition coefficient (Wildman–Crippen LogP) is 1.35. The average Bonchev–Trinajstić information content (AvgIpc) is 3.14. The lowest BCUT2D eigenvalue weighted by Gasteiger charge is -2.16. The fourth-order valence-electron chi connectivity index (χ4n) is 2.14. The van der Waals surface area contributed by atoms with Crippen molar-refractivity contribution in [2.24, 2.45) is 0 Å². The molecule has 2 amide bonds. The molecule has 2 rings (SSSR count). The first kappa shape index (κ1) is 19.4. The first-order valence-corrected chi connectivity index (χ1v) is 9.10. The summed E-state index contributed by atoms with van der Waals surface area (Å²) in [7, 11) is -4.00. The first-order valence-electron chi connectivity index (χ1n) is 7.56. The minimum Gasteiger partial charge on any atom is -0.468 e. The van der Waals surface area contributed by atoms with E-state index in [2.05, 4.69) is 17.2 Å². The molecular formula is C17H17FN2O5S. The third kappa shape index (κ3) is 4.57. The third-order valence-corrected chi connectivity index (χ3v) is 5.52. The highest BCUT2D eigenvalue weighted by atomic mass is 32.2. The summed E-state index contributed by atoms with van der Waals surface area (Å²) in [6.45, 7) is 3.11. The number of amides is 2. The molecule has 0 spiro atoms. The van der Waals surface area contributed by atoms with Gasteiger partial charge in [0.2, 0.25) is 0 Å². The van der Waals surface area contributed by atoms with Crippen molar-refractivity contribution in [3.8, 4) is 0 Å². The van der Waals surface area contributed by atoms with E-state index in [1.54, 1.807) is 0 Å². The van der Waals surface area contributed by atoms with Gasteiger partial charge in [-0.05, 0) is 36.4 Å². The van der Waals surface area contributed by atoms with Gasteiger partial charge in [-0.1, -0.05) is 6.08 Å². The Kier molecular flexibility index (Phi) is 6.29. The second-order valence-electron chi connectivity index (χ2n) is 5.21. The van der Waals surface area contributed by atoms with Crippen molar-refractivity contribution in [3.05, 3.63) is 66.9 Å². The molecule has 0 radical (unpaired) electrons. The Labute approximate surface area is 149 Å². The number of sulfone groups is 1. The molecule has 1 aromatic carbocycles. The molecule has 9 heteroatoms. The molecule has 2 aromatic rings. The van der Waals surface area contributed by atoms with Gasteiger partial charge in [-0.2, -0.15) is 0 Å². The van der Waals surface area contributed by atoms with Gasteiger partial charge in [0.05, 0.1) is 11.2 Å². The zero-order valence-electron chi connectivity index (χ0n) is 13.6. The van der Waals surface area contributed by atoms with Gasteiger partial charge in [-0.25, -0.2) is 12.8 Å². The van der Waals surface area contributed by atoms with E-state index >= 15 is 0 Å². The van der Waals surface area contributed by atoms with Crippen LogP contribution in [0.4, 0.5) is 4.39 Å². The maximum Gasteiger partial charge on any atom is 0.309 e. The number of carbonyl (C=O) groups is 2. The van der Waals surface area contributed by atoms with Crippen molar-refractivity contribution in [1.29, 1.82) is 0 Å². The summed E-state index contributed by atoms with van der Waals surface area (Å²) < 4.78 is 43.9. The minimum absolute atomic E-state index is 0.0844. The molecule has 0 aliphatic carbocycles. The lowest BCUT2D eigenvalue weighted by Crippen LogP contribution is -2.42. The van der Waals surface area contributed by atoms with Crippen LogP contribution in [0, 0.1) is 5.82 Å². The van der Waals surface area contributed by atoms with Crippen molar-refractivity contribution >= 4 is 21.7 Å². The van der Waals surface area contributed by atoms with Gasteiger partial charge in [-0.3, -0.25) is 9.59 Å². The molecule has 0 aliphatic rings. The van der Waals surface area contributed by atoms with E-state index in [4.69, 9.17) is 4.42 Å². The number of halogens is 1. The zero-order valence-corrected chi connectivity index (χ0v) is 14.5. The number of rotatable bonds is 7. The summed E-state index contributed by atoms with van der Waals surface area (Å²) in [5.41, 5.74) is 0. The number of hydrogen-bond acceptors (Lipinski definition) is 5. The van der Waals surface area contributed by atoms with Crippen LogP contribution in [0.5, 0.6) is 0 Å². The molecule has 0 aliphatic heterocycles. The number of carbonyl (C=O) groups excluding carboxylic acids is 2. The van der Waals surface area contributed by atoms with E-state index in [-0.39, 0.29) is 17.2 Å². The van der Waals surface area contributed by atoms with Crippen molar-refractivity contribution in [1.82, 2.24) is 10.6 Å². The van der Waals surface area contributed by atoms with E-state index in [9.17, 15) is 22.4 Å². The smallest absolute Gasteiger partial charge is 0.309 e.